The second kappa shape index (κ2) is 5.91. The number of nitrogens with one attached hydrogen (secondary N) is 1. The van der Waals surface area contributed by atoms with Crippen LogP contribution >= 0.6 is 0 Å². The van der Waals surface area contributed by atoms with Gasteiger partial charge in [0, 0.05) is 0 Å². The van der Waals surface area contributed by atoms with E-state index in [2.05, 4.69) is 5.32 Å². The number of rotatable bonds is 6. The van der Waals surface area contributed by atoms with Crippen molar-refractivity contribution >= 4 is 11.7 Å². The zero-order valence-corrected chi connectivity index (χ0v) is 9.73. The Balaban J connectivity index is 3.18. The fourth-order valence-corrected chi connectivity index (χ4v) is 1.35. The van der Waals surface area contributed by atoms with E-state index in [1.165, 1.54) is 0 Å². The highest BCUT2D eigenvalue weighted by atomic mass is 19.1. The van der Waals surface area contributed by atoms with Crippen molar-refractivity contribution in [3.63, 3.8) is 0 Å². The third-order valence-corrected chi connectivity index (χ3v) is 2.59. The average molecular weight is 277 g/mol. The van der Waals surface area contributed by atoms with E-state index in [-0.39, 0.29) is 0 Å². The van der Waals surface area contributed by atoms with Gasteiger partial charge >= 0.3 is 5.97 Å². The summed E-state index contributed by atoms with van der Waals surface area (Å²) < 4.78 is 27.2. The highest BCUT2D eigenvalue weighted by molar-refractivity contribution is 5.88. The van der Waals surface area contributed by atoms with Gasteiger partial charge in [-0.05, 0) is 12.1 Å². The largest absolute Gasteiger partial charge is 0.478 e. The molecule has 1 aromatic carbocycles. The summed E-state index contributed by atoms with van der Waals surface area (Å²) >= 11 is 0. The zero-order chi connectivity index (χ0) is 14.6. The maximum Gasteiger partial charge on any atom is 0.335 e. The minimum Gasteiger partial charge on any atom is -0.478 e. The first-order chi connectivity index (χ1) is 8.89. The van der Waals surface area contributed by atoms with Crippen LogP contribution in [0, 0.1) is 11.6 Å². The smallest absolute Gasteiger partial charge is 0.335 e. The molecule has 0 aliphatic carbocycles. The number of aromatic carboxylic acids is 1. The normalized spacial score (nSPS) is 11.4. The average Bonchev–Trinajstić information content (AvgIpc) is 2.39. The van der Waals surface area contributed by atoms with E-state index >= 15 is 0 Å². The molecule has 106 valence electrons. The Morgan fingerprint density at radius 3 is 1.84 bits per heavy atom. The Hall–Kier alpha value is -1.77. The van der Waals surface area contributed by atoms with Crippen LogP contribution in [0.25, 0.3) is 0 Å². The van der Waals surface area contributed by atoms with Crippen LogP contribution in [0.1, 0.15) is 10.4 Å². The van der Waals surface area contributed by atoms with Crippen LogP contribution in [0.15, 0.2) is 12.1 Å². The molecule has 6 nitrogen and oxygen atoms in total. The summed E-state index contributed by atoms with van der Waals surface area (Å²) in [5.74, 6) is -3.92. The van der Waals surface area contributed by atoms with Gasteiger partial charge in [-0.15, -0.1) is 0 Å². The highest BCUT2D eigenvalue weighted by Crippen LogP contribution is 2.24. The SMILES string of the molecule is O=C(O)c1cc(F)c(NC(CO)(CO)CO)c(F)c1. The lowest BCUT2D eigenvalue weighted by Gasteiger charge is -2.30. The molecule has 0 fully saturated rings. The molecule has 0 aliphatic heterocycles. The van der Waals surface area contributed by atoms with Gasteiger partial charge in [0.05, 0.1) is 25.4 Å². The molecule has 0 aliphatic rings. The number of aliphatic hydroxyl groups is 3. The first-order valence-corrected chi connectivity index (χ1v) is 5.22. The van der Waals surface area contributed by atoms with E-state index in [1.807, 2.05) is 0 Å². The molecule has 5 N–H and O–H groups in total. The maximum absolute atomic E-state index is 13.6. The molecule has 8 heteroatoms. The van der Waals surface area contributed by atoms with Crippen molar-refractivity contribution in [1.29, 1.82) is 0 Å². The molecule has 0 saturated carbocycles. The summed E-state index contributed by atoms with van der Waals surface area (Å²) in [5.41, 5.74) is -3.03. The van der Waals surface area contributed by atoms with Gasteiger partial charge < -0.3 is 25.7 Å². The van der Waals surface area contributed by atoms with Crippen LogP contribution in [0.5, 0.6) is 0 Å². The third kappa shape index (κ3) is 3.16. The molecule has 0 unspecified atom stereocenters. The number of benzene rings is 1. The summed E-state index contributed by atoms with van der Waals surface area (Å²) in [6.07, 6.45) is 0. The van der Waals surface area contributed by atoms with Gasteiger partial charge in [0.2, 0.25) is 0 Å². The number of halogens is 2. The molecule has 1 rings (SSSR count). The summed E-state index contributed by atoms with van der Waals surface area (Å²) in [5, 5.41) is 37.9. The van der Waals surface area contributed by atoms with E-state index in [0.717, 1.165) is 0 Å². The molecule has 0 amide bonds. The van der Waals surface area contributed by atoms with Crippen LogP contribution in [0.4, 0.5) is 14.5 Å². The standard InChI is InChI=1S/C11H13F2NO5/c12-7-1-6(10(18)19)2-8(13)9(7)14-11(3-15,4-16)5-17/h1-2,14-17H,3-5H2,(H,18,19). The van der Waals surface area contributed by atoms with Crippen LogP contribution < -0.4 is 5.32 Å². The second-order valence-corrected chi connectivity index (χ2v) is 4.00. The number of anilines is 1. The fourth-order valence-electron chi connectivity index (χ4n) is 1.35. The summed E-state index contributed by atoms with van der Waals surface area (Å²) in [6.45, 7) is -2.33. The van der Waals surface area contributed by atoms with Crippen LogP contribution in [0.2, 0.25) is 0 Å². The van der Waals surface area contributed by atoms with Crippen molar-refractivity contribution in [3.8, 4) is 0 Å². The molecular weight excluding hydrogens is 264 g/mol. The first kappa shape index (κ1) is 15.3. The number of carbonyl (C=O) groups is 1. The van der Waals surface area contributed by atoms with Crippen molar-refractivity contribution in [2.24, 2.45) is 0 Å². The van der Waals surface area contributed by atoms with Gasteiger partial charge in [-0.1, -0.05) is 0 Å². The van der Waals surface area contributed by atoms with Crippen molar-refractivity contribution in [2.45, 2.75) is 5.54 Å². The Bertz CT molecular complexity index is 445. The minimum absolute atomic E-state index is 0.580. The van der Waals surface area contributed by atoms with E-state index in [9.17, 15) is 13.6 Å². The van der Waals surface area contributed by atoms with Gasteiger partial charge in [-0.25, -0.2) is 13.6 Å². The van der Waals surface area contributed by atoms with Gasteiger partial charge in [0.15, 0.2) is 0 Å². The molecule has 1 aromatic rings. The molecular formula is C11H13F2NO5. The van der Waals surface area contributed by atoms with Gasteiger partial charge in [-0.3, -0.25) is 0 Å². The van der Waals surface area contributed by atoms with E-state index < -0.39 is 54.2 Å². The molecule has 0 radical (unpaired) electrons. The third-order valence-electron chi connectivity index (χ3n) is 2.59. The van der Waals surface area contributed by atoms with Crippen molar-refractivity contribution < 1.29 is 34.0 Å². The highest BCUT2D eigenvalue weighted by Gasteiger charge is 2.30. The monoisotopic (exact) mass is 277 g/mol. The maximum atomic E-state index is 13.6. The van der Waals surface area contributed by atoms with Crippen molar-refractivity contribution in [1.82, 2.24) is 0 Å². The Labute approximate surface area is 106 Å². The van der Waals surface area contributed by atoms with Crippen LogP contribution in [-0.4, -0.2) is 51.8 Å². The molecule has 0 heterocycles. The Kier molecular flexibility index (Phi) is 4.76. The summed E-state index contributed by atoms with van der Waals surface area (Å²) in [7, 11) is 0. The molecule has 0 aromatic heterocycles. The number of carboxylic acid groups (broad SMARTS) is 1. The van der Waals surface area contributed by atoms with Crippen molar-refractivity contribution in [2.75, 3.05) is 25.1 Å². The quantitative estimate of drug-likeness (QED) is 0.492. The van der Waals surface area contributed by atoms with E-state index in [4.69, 9.17) is 20.4 Å². The topological polar surface area (TPSA) is 110 Å². The molecule has 0 saturated heterocycles. The summed E-state index contributed by atoms with van der Waals surface area (Å²) in [6, 6.07) is 1.18. The lowest BCUT2D eigenvalue weighted by atomic mass is 10.0. The van der Waals surface area contributed by atoms with E-state index in [1.54, 1.807) is 0 Å². The number of hydrogen-bond acceptors (Lipinski definition) is 5. The van der Waals surface area contributed by atoms with Gasteiger partial charge in [0.1, 0.15) is 22.9 Å². The predicted molar refractivity (Wildman–Crippen MR) is 60.9 cm³/mol. The molecule has 0 bridgehead atoms. The fraction of sp³-hybridized carbons (Fsp3) is 0.364. The molecule has 0 atom stereocenters. The number of carboxylic acids is 1. The zero-order valence-electron chi connectivity index (χ0n) is 9.73. The lowest BCUT2D eigenvalue weighted by molar-refractivity contribution is 0.0695. The Morgan fingerprint density at radius 2 is 1.53 bits per heavy atom. The molecule has 0 spiro atoms. The number of aliphatic hydroxyl groups excluding tert-OH is 3. The van der Waals surface area contributed by atoms with Crippen LogP contribution in [-0.2, 0) is 0 Å². The van der Waals surface area contributed by atoms with Gasteiger partial charge in [-0.2, -0.15) is 0 Å². The second-order valence-electron chi connectivity index (χ2n) is 4.00. The summed E-state index contributed by atoms with van der Waals surface area (Å²) in [4.78, 5) is 10.6. The Morgan fingerprint density at radius 1 is 1.11 bits per heavy atom. The van der Waals surface area contributed by atoms with Crippen molar-refractivity contribution in [3.05, 3.63) is 29.3 Å². The van der Waals surface area contributed by atoms with E-state index in [0.29, 0.717) is 12.1 Å². The van der Waals surface area contributed by atoms with Crippen LogP contribution in [0.3, 0.4) is 0 Å². The predicted octanol–water partition coefficient (Wildman–Crippen LogP) is -0.209. The molecule has 19 heavy (non-hydrogen) atoms. The number of hydrogen-bond donors (Lipinski definition) is 5. The van der Waals surface area contributed by atoms with Gasteiger partial charge in [0.25, 0.3) is 0 Å². The lowest BCUT2D eigenvalue weighted by Crippen LogP contribution is -2.49. The minimum atomic E-state index is -1.72. The first-order valence-electron chi connectivity index (χ1n) is 5.22.